The monoisotopic (exact) mass is 283 g/mol. The largest absolute Gasteiger partial charge is 0.466 e. The van der Waals surface area contributed by atoms with Crippen molar-refractivity contribution in [2.24, 2.45) is 5.92 Å². The van der Waals surface area contributed by atoms with Crippen molar-refractivity contribution in [2.75, 3.05) is 26.0 Å². The molecule has 6 heteroatoms. The van der Waals surface area contributed by atoms with E-state index in [1.807, 2.05) is 11.8 Å². The number of rotatable bonds is 3. The molecule has 0 bridgehead atoms. The second-order valence-corrected chi connectivity index (χ2v) is 5.36. The molecule has 0 aromatic carbocycles. The third kappa shape index (κ3) is 2.63. The lowest BCUT2D eigenvalue weighted by Gasteiger charge is -2.15. The molecule has 0 aromatic rings. The van der Waals surface area contributed by atoms with Crippen LogP contribution in [0.2, 0.25) is 0 Å². The van der Waals surface area contributed by atoms with Gasteiger partial charge in [0, 0.05) is 30.0 Å². The molecule has 0 N–H and O–H groups in total. The molecule has 2 rings (SSSR count). The smallest absolute Gasteiger partial charge is 0.336 e. The van der Waals surface area contributed by atoms with E-state index in [0.29, 0.717) is 24.5 Å². The van der Waals surface area contributed by atoms with E-state index >= 15 is 0 Å². The molecule has 5 nitrogen and oxygen atoms in total. The summed E-state index contributed by atoms with van der Waals surface area (Å²) < 4.78 is 9.74. The van der Waals surface area contributed by atoms with E-state index in [-0.39, 0.29) is 17.9 Å². The van der Waals surface area contributed by atoms with Crippen LogP contribution in [0.15, 0.2) is 22.4 Å². The molecule has 0 saturated carbocycles. The van der Waals surface area contributed by atoms with Crippen LogP contribution in [0.4, 0.5) is 0 Å². The Morgan fingerprint density at radius 1 is 1.53 bits per heavy atom. The van der Waals surface area contributed by atoms with Crippen LogP contribution >= 0.6 is 11.8 Å². The maximum absolute atomic E-state index is 11.8. The lowest BCUT2D eigenvalue weighted by Crippen LogP contribution is -2.18. The first-order valence-corrected chi connectivity index (χ1v) is 7.17. The van der Waals surface area contributed by atoms with Crippen molar-refractivity contribution in [3.05, 3.63) is 22.4 Å². The van der Waals surface area contributed by atoms with Gasteiger partial charge in [0.2, 0.25) is 0 Å². The van der Waals surface area contributed by atoms with Gasteiger partial charge < -0.3 is 14.4 Å². The predicted molar refractivity (Wildman–Crippen MR) is 72.1 cm³/mol. The summed E-state index contributed by atoms with van der Waals surface area (Å²) in [5.41, 5.74) is 1.60. The van der Waals surface area contributed by atoms with E-state index in [2.05, 4.69) is 0 Å². The Hall–Kier alpha value is -1.43. The zero-order valence-electron chi connectivity index (χ0n) is 11.3. The molecule has 1 atom stereocenters. The van der Waals surface area contributed by atoms with Crippen molar-refractivity contribution < 1.29 is 19.1 Å². The Balaban J connectivity index is 2.23. The summed E-state index contributed by atoms with van der Waals surface area (Å²) >= 11 is 1.57. The van der Waals surface area contributed by atoms with Crippen LogP contribution in [0.5, 0.6) is 0 Å². The summed E-state index contributed by atoms with van der Waals surface area (Å²) in [4.78, 5) is 25.3. The van der Waals surface area contributed by atoms with Crippen molar-refractivity contribution in [3.8, 4) is 0 Å². The predicted octanol–water partition coefficient (Wildman–Crippen LogP) is 1.52. The Morgan fingerprint density at radius 2 is 2.26 bits per heavy atom. The fourth-order valence-corrected chi connectivity index (χ4v) is 3.58. The standard InChI is InChI=1S/C13H17NO4S/c1-4-18-10(15)5-9-7-19-12-11(13(16)17-3)8(2)6-14(9)12/h5,8H,4,6-7H2,1-3H3. The summed E-state index contributed by atoms with van der Waals surface area (Å²) in [5.74, 6) is 0.177. The number of hydrogen-bond acceptors (Lipinski definition) is 6. The molecule has 1 saturated heterocycles. The van der Waals surface area contributed by atoms with Gasteiger partial charge in [-0.2, -0.15) is 0 Å². The highest BCUT2D eigenvalue weighted by atomic mass is 32.2. The highest BCUT2D eigenvalue weighted by Crippen LogP contribution is 2.44. The Labute approximate surface area is 116 Å². The molecule has 0 radical (unpaired) electrons. The second-order valence-electron chi connectivity index (χ2n) is 4.40. The number of carbonyl (C=O) groups is 2. The van der Waals surface area contributed by atoms with Crippen LogP contribution < -0.4 is 0 Å². The highest BCUT2D eigenvalue weighted by molar-refractivity contribution is 8.03. The molecule has 2 heterocycles. The lowest BCUT2D eigenvalue weighted by molar-refractivity contribution is -0.137. The van der Waals surface area contributed by atoms with Crippen molar-refractivity contribution >= 4 is 23.7 Å². The van der Waals surface area contributed by atoms with Crippen LogP contribution in [0.1, 0.15) is 13.8 Å². The van der Waals surface area contributed by atoms with Gasteiger partial charge in [0.05, 0.1) is 24.3 Å². The van der Waals surface area contributed by atoms with Gasteiger partial charge in [-0.3, -0.25) is 0 Å². The summed E-state index contributed by atoms with van der Waals surface area (Å²) in [6, 6.07) is 0. The Kier molecular flexibility index (Phi) is 4.19. The van der Waals surface area contributed by atoms with Gasteiger partial charge in [0.1, 0.15) is 0 Å². The van der Waals surface area contributed by atoms with Gasteiger partial charge >= 0.3 is 11.9 Å². The quantitative estimate of drug-likeness (QED) is 0.578. The van der Waals surface area contributed by atoms with E-state index in [1.165, 1.54) is 13.2 Å². The van der Waals surface area contributed by atoms with Crippen LogP contribution in [-0.4, -0.2) is 42.9 Å². The van der Waals surface area contributed by atoms with Gasteiger partial charge in [-0.1, -0.05) is 6.92 Å². The van der Waals surface area contributed by atoms with E-state index < -0.39 is 0 Å². The molecule has 2 aliphatic heterocycles. The molecular weight excluding hydrogens is 266 g/mol. The molecular formula is C13H17NO4S. The summed E-state index contributed by atoms with van der Waals surface area (Å²) in [5, 5.41) is 0.912. The summed E-state index contributed by atoms with van der Waals surface area (Å²) in [6.45, 7) is 4.83. The zero-order valence-corrected chi connectivity index (χ0v) is 12.1. The van der Waals surface area contributed by atoms with Crippen LogP contribution in [0.3, 0.4) is 0 Å². The number of fused-ring (bicyclic) bond motifs is 1. The average Bonchev–Trinajstić information content (AvgIpc) is 2.88. The minimum absolute atomic E-state index is 0.112. The fourth-order valence-electron chi connectivity index (χ4n) is 2.27. The zero-order chi connectivity index (χ0) is 14.0. The first-order valence-electron chi connectivity index (χ1n) is 6.18. The van der Waals surface area contributed by atoms with Crippen LogP contribution in [-0.2, 0) is 19.1 Å². The van der Waals surface area contributed by atoms with E-state index in [0.717, 1.165) is 10.7 Å². The molecule has 104 valence electrons. The maximum atomic E-state index is 11.8. The first kappa shape index (κ1) is 14.0. The molecule has 1 fully saturated rings. The molecule has 0 aliphatic carbocycles. The number of nitrogens with zero attached hydrogens (tertiary/aromatic N) is 1. The second kappa shape index (κ2) is 5.69. The summed E-state index contributed by atoms with van der Waals surface area (Å²) in [6.07, 6.45) is 1.51. The maximum Gasteiger partial charge on any atom is 0.336 e. The van der Waals surface area contributed by atoms with E-state index in [4.69, 9.17) is 9.47 Å². The normalized spacial score (nSPS) is 23.8. The first-order chi connectivity index (χ1) is 9.08. The number of esters is 2. The Bertz CT molecular complexity index is 469. The van der Waals surface area contributed by atoms with Gasteiger partial charge in [-0.15, -0.1) is 11.8 Å². The number of carbonyl (C=O) groups excluding carboxylic acids is 2. The molecule has 0 amide bonds. The van der Waals surface area contributed by atoms with Gasteiger partial charge in [0.15, 0.2) is 0 Å². The van der Waals surface area contributed by atoms with Gasteiger partial charge in [-0.25, -0.2) is 9.59 Å². The van der Waals surface area contributed by atoms with Gasteiger partial charge in [0.25, 0.3) is 0 Å². The van der Waals surface area contributed by atoms with Crippen molar-refractivity contribution in [3.63, 3.8) is 0 Å². The number of methoxy groups -OCH3 is 1. The topological polar surface area (TPSA) is 55.8 Å². The van der Waals surface area contributed by atoms with Gasteiger partial charge in [-0.05, 0) is 6.92 Å². The Morgan fingerprint density at radius 3 is 2.89 bits per heavy atom. The molecule has 19 heavy (non-hydrogen) atoms. The molecule has 2 aliphatic rings. The van der Waals surface area contributed by atoms with Crippen molar-refractivity contribution in [1.82, 2.24) is 4.90 Å². The van der Waals surface area contributed by atoms with Crippen molar-refractivity contribution in [2.45, 2.75) is 13.8 Å². The van der Waals surface area contributed by atoms with Crippen molar-refractivity contribution in [1.29, 1.82) is 0 Å². The average molecular weight is 283 g/mol. The van der Waals surface area contributed by atoms with E-state index in [1.54, 1.807) is 18.7 Å². The minimum atomic E-state index is -0.335. The molecule has 0 aromatic heterocycles. The number of hydrogen-bond donors (Lipinski definition) is 0. The highest BCUT2D eigenvalue weighted by Gasteiger charge is 2.39. The molecule has 1 unspecified atom stereocenters. The lowest BCUT2D eigenvalue weighted by atomic mass is 10.1. The van der Waals surface area contributed by atoms with Crippen LogP contribution in [0.25, 0.3) is 0 Å². The minimum Gasteiger partial charge on any atom is -0.466 e. The third-order valence-corrected chi connectivity index (χ3v) is 4.26. The summed E-state index contributed by atoms with van der Waals surface area (Å²) in [7, 11) is 1.39. The fraction of sp³-hybridized carbons (Fsp3) is 0.538. The SMILES string of the molecule is CCOC(=O)C=C1CSC2=C(C(=O)OC)C(C)CN12. The third-order valence-electron chi connectivity index (χ3n) is 3.10. The van der Waals surface area contributed by atoms with E-state index in [9.17, 15) is 9.59 Å². The number of thioether (sulfide) groups is 1. The molecule has 0 spiro atoms. The van der Waals surface area contributed by atoms with Crippen LogP contribution in [0, 0.1) is 5.92 Å². The number of ether oxygens (including phenoxy) is 2.